The summed E-state index contributed by atoms with van der Waals surface area (Å²) in [5.74, 6) is 0.901. The van der Waals surface area contributed by atoms with Crippen LogP contribution < -0.4 is 5.73 Å². The summed E-state index contributed by atoms with van der Waals surface area (Å²) < 4.78 is 13.5. The highest BCUT2D eigenvalue weighted by atomic mass is 19.1. The minimum absolute atomic E-state index is 0.238. The number of nitrogen functional groups attached to an aromatic ring is 1. The molecule has 0 atom stereocenters. The molecular weight excluding hydrogens is 197 g/mol. The standard InChI is InChI=1S/C9H10FN5/c10-2-4-15-6-7(5-13-15)9-12-3-1-8(11)14-9/h1,3,5-6H,2,4H2,(H2,11,12,14). The number of halogens is 1. The van der Waals surface area contributed by atoms with E-state index in [1.54, 1.807) is 24.7 Å². The van der Waals surface area contributed by atoms with Crippen molar-refractivity contribution in [2.45, 2.75) is 6.54 Å². The van der Waals surface area contributed by atoms with Crippen molar-refractivity contribution in [2.24, 2.45) is 0 Å². The lowest BCUT2D eigenvalue weighted by atomic mass is 10.3. The van der Waals surface area contributed by atoms with Gasteiger partial charge in [-0.3, -0.25) is 4.68 Å². The fourth-order valence-corrected chi connectivity index (χ4v) is 1.20. The Morgan fingerprint density at radius 2 is 2.33 bits per heavy atom. The van der Waals surface area contributed by atoms with Crippen molar-refractivity contribution in [3.63, 3.8) is 0 Å². The molecule has 2 N–H and O–H groups in total. The lowest BCUT2D eigenvalue weighted by molar-refractivity contribution is 0.427. The zero-order valence-electron chi connectivity index (χ0n) is 7.97. The second-order valence-corrected chi connectivity index (χ2v) is 2.99. The maximum atomic E-state index is 12.0. The molecule has 0 aliphatic carbocycles. The first-order chi connectivity index (χ1) is 7.29. The maximum absolute atomic E-state index is 12.0. The predicted molar refractivity (Wildman–Crippen MR) is 53.6 cm³/mol. The Kier molecular flexibility index (Phi) is 2.57. The molecular formula is C9H10FN5. The molecule has 6 heteroatoms. The van der Waals surface area contributed by atoms with Gasteiger partial charge in [-0.1, -0.05) is 0 Å². The van der Waals surface area contributed by atoms with Gasteiger partial charge in [0.2, 0.25) is 0 Å². The molecule has 2 heterocycles. The van der Waals surface area contributed by atoms with Crippen molar-refractivity contribution in [2.75, 3.05) is 12.4 Å². The van der Waals surface area contributed by atoms with Gasteiger partial charge in [0.25, 0.3) is 0 Å². The minimum atomic E-state index is -0.446. The maximum Gasteiger partial charge on any atom is 0.164 e. The molecule has 2 aromatic rings. The van der Waals surface area contributed by atoms with Crippen molar-refractivity contribution >= 4 is 5.82 Å². The number of hydrogen-bond acceptors (Lipinski definition) is 4. The van der Waals surface area contributed by atoms with Crippen LogP contribution in [0.25, 0.3) is 11.4 Å². The van der Waals surface area contributed by atoms with E-state index in [2.05, 4.69) is 15.1 Å². The van der Waals surface area contributed by atoms with Gasteiger partial charge in [-0.05, 0) is 6.07 Å². The molecule has 0 spiro atoms. The topological polar surface area (TPSA) is 69.6 Å². The van der Waals surface area contributed by atoms with Crippen LogP contribution in [0.4, 0.5) is 10.2 Å². The number of alkyl halides is 1. The van der Waals surface area contributed by atoms with Crippen molar-refractivity contribution in [3.05, 3.63) is 24.7 Å². The fourth-order valence-electron chi connectivity index (χ4n) is 1.20. The first kappa shape index (κ1) is 9.57. The van der Waals surface area contributed by atoms with Crippen molar-refractivity contribution in [1.82, 2.24) is 19.7 Å². The molecule has 0 aliphatic rings. The van der Waals surface area contributed by atoms with E-state index in [9.17, 15) is 4.39 Å². The van der Waals surface area contributed by atoms with Gasteiger partial charge in [-0.2, -0.15) is 5.10 Å². The van der Waals surface area contributed by atoms with Crippen LogP contribution in [-0.2, 0) is 6.54 Å². The molecule has 15 heavy (non-hydrogen) atoms. The number of anilines is 1. The van der Waals surface area contributed by atoms with E-state index in [0.29, 0.717) is 11.6 Å². The van der Waals surface area contributed by atoms with Gasteiger partial charge in [0.15, 0.2) is 5.82 Å². The van der Waals surface area contributed by atoms with Gasteiger partial charge < -0.3 is 5.73 Å². The third kappa shape index (κ3) is 2.09. The highest BCUT2D eigenvalue weighted by Gasteiger charge is 2.04. The average Bonchev–Trinajstić information content (AvgIpc) is 2.67. The third-order valence-corrected chi connectivity index (χ3v) is 1.88. The van der Waals surface area contributed by atoms with Gasteiger partial charge in [-0.25, -0.2) is 14.4 Å². The molecule has 2 rings (SSSR count). The smallest absolute Gasteiger partial charge is 0.164 e. The van der Waals surface area contributed by atoms with Gasteiger partial charge in [0, 0.05) is 12.4 Å². The fraction of sp³-hybridized carbons (Fsp3) is 0.222. The van der Waals surface area contributed by atoms with Crippen molar-refractivity contribution in [1.29, 1.82) is 0 Å². The summed E-state index contributed by atoms with van der Waals surface area (Å²) in [6.45, 7) is -0.207. The van der Waals surface area contributed by atoms with E-state index in [-0.39, 0.29) is 6.54 Å². The Labute approximate surface area is 85.8 Å². The van der Waals surface area contributed by atoms with E-state index in [0.717, 1.165) is 5.56 Å². The highest BCUT2D eigenvalue weighted by Crippen LogP contribution is 2.13. The first-order valence-corrected chi connectivity index (χ1v) is 4.47. The van der Waals surface area contributed by atoms with E-state index in [1.807, 2.05) is 0 Å². The number of aryl methyl sites for hydroxylation is 1. The summed E-state index contributed by atoms with van der Waals surface area (Å²) in [4.78, 5) is 8.08. The first-order valence-electron chi connectivity index (χ1n) is 4.47. The Morgan fingerprint density at radius 3 is 3.07 bits per heavy atom. The number of hydrogen-bond donors (Lipinski definition) is 1. The van der Waals surface area contributed by atoms with Gasteiger partial charge >= 0.3 is 0 Å². The average molecular weight is 207 g/mol. The predicted octanol–water partition coefficient (Wildman–Crippen LogP) is 0.892. The summed E-state index contributed by atoms with van der Waals surface area (Å²) in [6.07, 6.45) is 4.85. The number of nitrogens with zero attached hydrogens (tertiary/aromatic N) is 4. The molecule has 0 saturated heterocycles. The van der Waals surface area contributed by atoms with Gasteiger partial charge in [0.05, 0.1) is 18.3 Å². The third-order valence-electron chi connectivity index (χ3n) is 1.88. The van der Waals surface area contributed by atoms with Crippen LogP contribution in [0.3, 0.4) is 0 Å². The summed E-state index contributed by atoms with van der Waals surface area (Å²) in [6, 6.07) is 1.61. The molecule has 78 valence electrons. The Balaban J connectivity index is 2.29. The zero-order chi connectivity index (χ0) is 10.7. The number of aromatic nitrogens is 4. The SMILES string of the molecule is Nc1ccnc(-c2cnn(CCF)c2)n1. The van der Waals surface area contributed by atoms with Gasteiger partial charge in [0.1, 0.15) is 12.5 Å². The summed E-state index contributed by atoms with van der Waals surface area (Å²) in [5, 5.41) is 3.97. The van der Waals surface area contributed by atoms with Gasteiger partial charge in [-0.15, -0.1) is 0 Å². The second-order valence-electron chi connectivity index (χ2n) is 2.99. The number of nitrogens with two attached hydrogens (primary N) is 1. The Bertz CT molecular complexity index is 453. The summed E-state index contributed by atoms with van der Waals surface area (Å²) in [5.41, 5.74) is 6.26. The Morgan fingerprint density at radius 1 is 1.47 bits per heavy atom. The van der Waals surface area contributed by atoms with Crippen LogP contribution in [0.1, 0.15) is 0 Å². The van der Waals surface area contributed by atoms with Crippen LogP contribution in [0, 0.1) is 0 Å². The number of rotatable bonds is 3. The van der Waals surface area contributed by atoms with Crippen molar-refractivity contribution < 1.29 is 4.39 Å². The van der Waals surface area contributed by atoms with E-state index in [1.165, 1.54) is 4.68 Å². The summed E-state index contributed by atoms with van der Waals surface area (Å²) in [7, 11) is 0. The summed E-state index contributed by atoms with van der Waals surface area (Å²) >= 11 is 0. The van der Waals surface area contributed by atoms with Crippen LogP contribution in [-0.4, -0.2) is 26.4 Å². The van der Waals surface area contributed by atoms with Crippen molar-refractivity contribution in [3.8, 4) is 11.4 Å². The van der Waals surface area contributed by atoms with Crippen LogP contribution in [0.2, 0.25) is 0 Å². The quantitative estimate of drug-likeness (QED) is 0.811. The lowest BCUT2D eigenvalue weighted by Crippen LogP contribution is -1.99. The van der Waals surface area contributed by atoms with Crippen LogP contribution in [0.15, 0.2) is 24.7 Å². The monoisotopic (exact) mass is 207 g/mol. The van der Waals surface area contributed by atoms with Crippen LogP contribution in [0.5, 0.6) is 0 Å². The molecule has 0 amide bonds. The van der Waals surface area contributed by atoms with Crippen LogP contribution >= 0.6 is 0 Å². The van der Waals surface area contributed by atoms with E-state index >= 15 is 0 Å². The minimum Gasteiger partial charge on any atom is -0.384 e. The highest BCUT2D eigenvalue weighted by molar-refractivity contribution is 5.53. The molecule has 0 aliphatic heterocycles. The van der Waals surface area contributed by atoms with E-state index < -0.39 is 6.67 Å². The Hall–Kier alpha value is -1.98. The molecule has 2 aromatic heterocycles. The molecule has 0 bridgehead atoms. The molecule has 0 radical (unpaired) electrons. The molecule has 0 aromatic carbocycles. The molecule has 0 unspecified atom stereocenters. The zero-order valence-corrected chi connectivity index (χ0v) is 7.97. The second kappa shape index (κ2) is 4.04. The molecule has 0 fully saturated rings. The van der Waals surface area contributed by atoms with E-state index in [4.69, 9.17) is 5.73 Å². The molecule has 0 saturated carbocycles. The normalized spacial score (nSPS) is 10.5. The largest absolute Gasteiger partial charge is 0.384 e. The lowest BCUT2D eigenvalue weighted by Gasteiger charge is -1.96. The molecule has 5 nitrogen and oxygen atoms in total.